The SMILES string of the molecule is CCOCCOC(=O)OC=C(C)Cc1ccc(C(C)(C)C)cc1. The highest BCUT2D eigenvalue weighted by atomic mass is 16.7. The molecule has 0 aliphatic heterocycles. The van der Waals surface area contributed by atoms with Crippen LogP contribution in [-0.2, 0) is 26.0 Å². The summed E-state index contributed by atoms with van der Waals surface area (Å²) >= 11 is 0. The minimum atomic E-state index is -0.702. The van der Waals surface area contributed by atoms with Crippen molar-refractivity contribution < 1.29 is 19.0 Å². The molecule has 0 heterocycles. The largest absolute Gasteiger partial charge is 0.513 e. The molecule has 0 fully saturated rings. The average molecular weight is 320 g/mol. The van der Waals surface area contributed by atoms with Gasteiger partial charge in [-0.1, -0.05) is 45.0 Å². The number of hydrogen-bond donors (Lipinski definition) is 0. The van der Waals surface area contributed by atoms with Gasteiger partial charge in [-0.2, -0.15) is 0 Å². The molecular weight excluding hydrogens is 292 g/mol. The standard InChI is InChI=1S/C19H28O4/c1-6-21-11-12-22-18(20)23-14-15(2)13-16-7-9-17(10-8-16)19(3,4)5/h7-10,14H,6,11-13H2,1-5H3. The van der Waals surface area contributed by atoms with E-state index in [1.54, 1.807) is 0 Å². The second-order valence-corrected chi connectivity index (χ2v) is 6.50. The van der Waals surface area contributed by atoms with Gasteiger partial charge in [-0.15, -0.1) is 0 Å². The third-order valence-electron chi connectivity index (χ3n) is 3.31. The van der Waals surface area contributed by atoms with E-state index in [-0.39, 0.29) is 12.0 Å². The highest BCUT2D eigenvalue weighted by molar-refractivity contribution is 5.60. The van der Waals surface area contributed by atoms with Crippen LogP contribution in [0.15, 0.2) is 36.1 Å². The lowest BCUT2D eigenvalue weighted by Gasteiger charge is -2.19. The molecule has 4 heteroatoms. The average Bonchev–Trinajstić information content (AvgIpc) is 2.49. The summed E-state index contributed by atoms with van der Waals surface area (Å²) in [6.45, 7) is 11.6. The minimum absolute atomic E-state index is 0.151. The topological polar surface area (TPSA) is 44.8 Å². The lowest BCUT2D eigenvalue weighted by atomic mass is 9.86. The van der Waals surface area contributed by atoms with E-state index >= 15 is 0 Å². The maximum absolute atomic E-state index is 11.4. The Morgan fingerprint density at radius 3 is 2.35 bits per heavy atom. The van der Waals surface area contributed by atoms with Gasteiger partial charge in [0.1, 0.15) is 6.61 Å². The predicted molar refractivity (Wildman–Crippen MR) is 91.5 cm³/mol. The number of hydrogen-bond acceptors (Lipinski definition) is 4. The molecule has 1 aromatic carbocycles. The van der Waals surface area contributed by atoms with E-state index in [2.05, 4.69) is 45.0 Å². The van der Waals surface area contributed by atoms with Gasteiger partial charge in [0, 0.05) is 6.61 Å². The van der Waals surface area contributed by atoms with Crippen molar-refractivity contribution in [3.8, 4) is 0 Å². The smallest absolute Gasteiger partial charge is 0.432 e. The summed E-state index contributed by atoms with van der Waals surface area (Å²) in [7, 11) is 0. The summed E-state index contributed by atoms with van der Waals surface area (Å²) in [6, 6.07) is 8.51. The molecular formula is C19H28O4. The van der Waals surface area contributed by atoms with Crippen molar-refractivity contribution in [3.05, 3.63) is 47.2 Å². The second kappa shape index (κ2) is 9.36. The third kappa shape index (κ3) is 7.84. The van der Waals surface area contributed by atoms with Crippen molar-refractivity contribution in [2.75, 3.05) is 19.8 Å². The van der Waals surface area contributed by atoms with Crippen molar-refractivity contribution >= 4 is 6.16 Å². The summed E-state index contributed by atoms with van der Waals surface area (Å²) in [5, 5.41) is 0. The number of allylic oxidation sites excluding steroid dienone is 1. The fraction of sp³-hybridized carbons (Fsp3) is 0.526. The lowest BCUT2D eigenvalue weighted by Crippen LogP contribution is -2.11. The number of benzene rings is 1. The van der Waals surface area contributed by atoms with Gasteiger partial charge in [0.05, 0.1) is 12.9 Å². The summed E-state index contributed by atoms with van der Waals surface area (Å²) in [6.07, 6.45) is 1.48. The molecule has 0 bridgehead atoms. The normalized spacial score (nSPS) is 12.1. The second-order valence-electron chi connectivity index (χ2n) is 6.50. The van der Waals surface area contributed by atoms with E-state index in [1.165, 1.54) is 17.4 Å². The van der Waals surface area contributed by atoms with Crippen LogP contribution in [0.25, 0.3) is 0 Å². The third-order valence-corrected chi connectivity index (χ3v) is 3.31. The van der Waals surface area contributed by atoms with Gasteiger partial charge in [0.2, 0.25) is 0 Å². The minimum Gasteiger partial charge on any atom is -0.432 e. The van der Waals surface area contributed by atoms with Crippen LogP contribution < -0.4 is 0 Å². The molecule has 1 rings (SSSR count). The van der Waals surface area contributed by atoms with E-state index in [0.717, 1.165) is 12.0 Å². The first kappa shape index (κ1) is 19.2. The molecule has 0 saturated carbocycles. The number of rotatable bonds is 7. The number of carbonyl (C=O) groups is 1. The van der Waals surface area contributed by atoms with Crippen LogP contribution in [0.5, 0.6) is 0 Å². The monoisotopic (exact) mass is 320 g/mol. The van der Waals surface area contributed by atoms with Crippen LogP contribution in [0.3, 0.4) is 0 Å². The van der Waals surface area contributed by atoms with Gasteiger partial charge >= 0.3 is 6.16 Å². The highest BCUT2D eigenvalue weighted by Gasteiger charge is 2.12. The summed E-state index contributed by atoms with van der Waals surface area (Å²) < 4.78 is 14.9. The Hall–Kier alpha value is -1.81. The molecule has 0 radical (unpaired) electrons. The first-order chi connectivity index (χ1) is 10.8. The molecule has 0 N–H and O–H groups in total. The van der Waals surface area contributed by atoms with Crippen LogP contribution in [-0.4, -0.2) is 26.0 Å². The first-order valence-corrected chi connectivity index (χ1v) is 7.99. The zero-order chi connectivity index (χ0) is 17.3. The first-order valence-electron chi connectivity index (χ1n) is 7.99. The Morgan fingerprint density at radius 2 is 1.78 bits per heavy atom. The highest BCUT2D eigenvalue weighted by Crippen LogP contribution is 2.22. The van der Waals surface area contributed by atoms with Gasteiger partial charge in [-0.25, -0.2) is 4.79 Å². The van der Waals surface area contributed by atoms with Crippen molar-refractivity contribution in [1.82, 2.24) is 0 Å². The Kier molecular flexibility index (Phi) is 7.83. The Balaban J connectivity index is 2.43. The summed E-state index contributed by atoms with van der Waals surface area (Å²) in [4.78, 5) is 11.4. The maximum atomic E-state index is 11.4. The van der Waals surface area contributed by atoms with Crippen LogP contribution in [0.1, 0.15) is 45.7 Å². The van der Waals surface area contributed by atoms with Gasteiger partial charge in [0.25, 0.3) is 0 Å². The van der Waals surface area contributed by atoms with E-state index in [4.69, 9.17) is 14.2 Å². The van der Waals surface area contributed by atoms with Crippen molar-refractivity contribution in [3.63, 3.8) is 0 Å². The predicted octanol–water partition coefficient (Wildman–Crippen LogP) is 4.62. The molecule has 0 saturated heterocycles. The fourth-order valence-electron chi connectivity index (χ4n) is 2.00. The van der Waals surface area contributed by atoms with E-state index in [1.807, 2.05) is 13.8 Å². The molecule has 0 amide bonds. The molecule has 0 aromatic heterocycles. The fourth-order valence-corrected chi connectivity index (χ4v) is 2.00. The van der Waals surface area contributed by atoms with E-state index in [9.17, 15) is 4.79 Å². The molecule has 0 aliphatic rings. The molecule has 0 aliphatic carbocycles. The van der Waals surface area contributed by atoms with E-state index < -0.39 is 6.16 Å². The zero-order valence-electron chi connectivity index (χ0n) is 14.8. The van der Waals surface area contributed by atoms with Gasteiger partial charge in [-0.05, 0) is 42.4 Å². The van der Waals surface area contributed by atoms with Crippen LogP contribution >= 0.6 is 0 Å². The lowest BCUT2D eigenvalue weighted by molar-refractivity contribution is 0.0474. The quantitative estimate of drug-likeness (QED) is 0.418. The molecule has 23 heavy (non-hydrogen) atoms. The summed E-state index contributed by atoms with van der Waals surface area (Å²) in [5.41, 5.74) is 3.59. The van der Waals surface area contributed by atoms with Crippen molar-refractivity contribution in [2.45, 2.75) is 46.5 Å². The van der Waals surface area contributed by atoms with Gasteiger partial charge in [0.15, 0.2) is 0 Å². The Labute approximate surface area is 139 Å². The number of ether oxygens (including phenoxy) is 3. The maximum Gasteiger partial charge on any atom is 0.513 e. The van der Waals surface area contributed by atoms with Gasteiger partial charge in [-0.3, -0.25) is 0 Å². The van der Waals surface area contributed by atoms with E-state index in [0.29, 0.717) is 13.2 Å². The molecule has 128 valence electrons. The van der Waals surface area contributed by atoms with Gasteiger partial charge < -0.3 is 14.2 Å². The van der Waals surface area contributed by atoms with Crippen LogP contribution in [0, 0.1) is 0 Å². The van der Waals surface area contributed by atoms with Crippen molar-refractivity contribution in [1.29, 1.82) is 0 Å². The summed E-state index contributed by atoms with van der Waals surface area (Å²) in [5.74, 6) is 0. The molecule has 0 atom stereocenters. The van der Waals surface area contributed by atoms with Crippen molar-refractivity contribution in [2.24, 2.45) is 0 Å². The Bertz CT molecular complexity index is 509. The van der Waals surface area contributed by atoms with Crippen LogP contribution in [0.2, 0.25) is 0 Å². The zero-order valence-corrected chi connectivity index (χ0v) is 14.8. The molecule has 4 nitrogen and oxygen atoms in total. The molecule has 1 aromatic rings. The molecule has 0 unspecified atom stereocenters. The molecule has 0 spiro atoms. The van der Waals surface area contributed by atoms with Crippen LogP contribution in [0.4, 0.5) is 4.79 Å². The Morgan fingerprint density at radius 1 is 1.13 bits per heavy atom. The number of carbonyl (C=O) groups excluding carboxylic acids is 1.